The lowest BCUT2D eigenvalue weighted by Crippen LogP contribution is -2.33. The largest absolute Gasteiger partial charge is 0.368 e. The van der Waals surface area contributed by atoms with Crippen LogP contribution in [0.5, 0.6) is 0 Å². The first-order valence-electron chi connectivity index (χ1n) is 4.16. The van der Waals surface area contributed by atoms with Crippen molar-refractivity contribution in [3.8, 4) is 0 Å². The van der Waals surface area contributed by atoms with Gasteiger partial charge in [-0.25, -0.2) is 0 Å². The van der Waals surface area contributed by atoms with Gasteiger partial charge in [0.2, 0.25) is 3.79 Å². The Morgan fingerprint density at radius 1 is 1.23 bits per heavy atom. The van der Waals surface area contributed by atoms with Crippen LogP contribution in [0, 0.1) is 17.3 Å². The Morgan fingerprint density at radius 2 is 1.77 bits per heavy atom. The molecule has 0 radical (unpaired) electrons. The van der Waals surface area contributed by atoms with Gasteiger partial charge in [-0.1, -0.05) is 48.7 Å². The Hall–Kier alpha value is 0.790. The zero-order chi connectivity index (χ0) is 10.0. The molecule has 0 aromatic carbocycles. The highest BCUT2D eigenvalue weighted by molar-refractivity contribution is 6.68. The third kappa shape index (κ3) is 1.38. The highest BCUT2D eigenvalue weighted by atomic mass is 35.6. The van der Waals surface area contributed by atoms with Crippen LogP contribution in [0.3, 0.4) is 0 Å². The van der Waals surface area contributed by atoms with Gasteiger partial charge < -0.3 is 9.84 Å². The monoisotopic (exact) mass is 244 g/mol. The van der Waals surface area contributed by atoms with Crippen LogP contribution in [0.4, 0.5) is 0 Å². The molecule has 2 aliphatic rings. The number of hydrogen-bond donors (Lipinski definition) is 1. The molecule has 1 aliphatic carbocycles. The lowest BCUT2D eigenvalue weighted by molar-refractivity contribution is -0.127. The van der Waals surface area contributed by atoms with Gasteiger partial charge in [0, 0.05) is 11.8 Å². The molecule has 5 heteroatoms. The number of fused-ring (bicyclic) bond motifs is 1. The van der Waals surface area contributed by atoms with E-state index >= 15 is 0 Å². The second kappa shape index (κ2) is 2.67. The first-order valence-corrected chi connectivity index (χ1v) is 5.30. The summed E-state index contributed by atoms with van der Waals surface area (Å²) in [6.45, 7) is 4.11. The predicted molar refractivity (Wildman–Crippen MR) is 51.9 cm³/mol. The second-order valence-electron chi connectivity index (χ2n) is 4.36. The molecular weight excluding hydrogens is 234 g/mol. The van der Waals surface area contributed by atoms with Crippen LogP contribution in [0.15, 0.2) is 0 Å². The molecule has 2 rings (SSSR count). The van der Waals surface area contributed by atoms with Crippen LogP contribution in [0.2, 0.25) is 0 Å². The summed E-state index contributed by atoms with van der Waals surface area (Å²) in [5.74, 6) is 0.281. The highest BCUT2D eigenvalue weighted by Gasteiger charge is 2.72. The topological polar surface area (TPSA) is 29.5 Å². The van der Waals surface area contributed by atoms with Gasteiger partial charge in [-0.2, -0.15) is 0 Å². The molecule has 0 bridgehead atoms. The number of hydrogen-bond acceptors (Lipinski definition) is 2. The van der Waals surface area contributed by atoms with E-state index < -0.39 is 16.2 Å². The number of alkyl halides is 3. The molecule has 0 aromatic heterocycles. The third-order valence-electron chi connectivity index (χ3n) is 3.24. The number of rotatable bonds is 0. The van der Waals surface area contributed by atoms with Gasteiger partial charge in [-0.15, -0.1) is 0 Å². The molecule has 1 saturated carbocycles. The van der Waals surface area contributed by atoms with Crippen molar-refractivity contribution in [3.05, 3.63) is 0 Å². The van der Waals surface area contributed by atoms with Crippen LogP contribution in [0.25, 0.3) is 0 Å². The van der Waals surface area contributed by atoms with Gasteiger partial charge in [0.1, 0.15) is 6.10 Å². The molecule has 76 valence electrons. The Bertz CT molecular complexity index is 233. The normalized spacial score (nSPS) is 47.5. The molecular formula is C8H11Cl3O2. The fourth-order valence-electron chi connectivity index (χ4n) is 2.44. The van der Waals surface area contributed by atoms with Crippen molar-refractivity contribution in [1.29, 1.82) is 0 Å². The number of aliphatic hydroxyl groups is 1. The zero-order valence-corrected chi connectivity index (χ0v) is 9.57. The molecule has 1 saturated heterocycles. The maximum Gasteiger partial charge on any atom is 0.216 e. The van der Waals surface area contributed by atoms with E-state index in [1.54, 1.807) is 0 Å². The molecule has 1 N–H and O–H groups in total. The van der Waals surface area contributed by atoms with Crippen molar-refractivity contribution in [1.82, 2.24) is 0 Å². The molecule has 1 heterocycles. The summed E-state index contributed by atoms with van der Waals surface area (Å²) in [5, 5.41) is 9.51. The first-order chi connectivity index (χ1) is 5.76. The Kier molecular flexibility index (Phi) is 2.12. The van der Waals surface area contributed by atoms with E-state index in [0.29, 0.717) is 0 Å². The van der Waals surface area contributed by atoms with E-state index in [1.165, 1.54) is 0 Å². The third-order valence-corrected chi connectivity index (χ3v) is 3.88. The molecule has 2 nitrogen and oxygen atoms in total. The highest BCUT2D eigenvalue weighted by Crippen LogP contribution is 2.69. The van der Waals surface area contributed by atoms with Gasteiger partial charge >= 0.3 is 0 Å². The van der Waals surface area contributed by atoms with Crippen molar-refractivity contribution in [2.75, 3.05) is 0 Å². The van der Waals surface area contributed by atoms with Gasteiger partial charge in [-0.05, 0) is 5.41 Å². The molecule has 0 spiro atoms. The molecule has 0 unspecified atom stereocenters. The molecule has 0 aromatic rings. The lowest BCUT2D eigenvalue weighted by atomic mass is 10.1. The van der Waals surface area contributed by atoms with E-state index in [4.69, 9.17) is 39.5 Å². The van der Waals surface area contributed by atoms with E-state index in [1.807, 2.05) is 0 Å². The maximum atomic E-state index is 9.51. The quantitative estimate of drug-likeness (QED) is 0.664. The Morgan fingerprint density at radius 3 is 2.00 bits per heavy atom. The minimum atomic E-state index is -1.44. The van der Waals surface area contributed by atoms with E-state index in [2.05, 4.69) is 13.8 Å². The second-order valence-corrected chi connectivity index (χ2v) is 6.73. The minimum Gasteiger partial charge on any atom is -0.368 e. The summed E-state index contributed by atoms with van der Waals surface area (Å²) in [5.41, 5.74) is 0.0340. The van der Waals surface area contributed by atoms with Crippen molar-refractivity contribution >= 4 is 34.8 Å². The summed E-state index contributed by atoms with van der Waals surface area (Å²) in [6.07, 6.45) is -1.26. The van der Waals surface area contributed by atoms with Gasteiger partial charge in [0.15, 0.2) is 6.29 Å². The Labute approximate surface area is 92.1 Å². The molecule has 0 amide bonds. The van der Waals surface area contributed by atoms with Crippen LogP contribution in [0.1, 0.15) is 13.8 Å². The molecule has 1 aliphatic heterocycles. The van der Waals surface area contributed by atoms with Crippen LogP contribution < -0.4 is 0 Å². The Balaban J connectivity index is 2.19. The van der Waals surface area contributed by atoms with Crippen LogP contribution >= 0.6 is 34.8 Å². The van der Waals surface area contributed by atoms with E-state index in [9.17, 15) is 5.11 Å². The van der Waals surface area contributed by atoms with Crippen molar-refractivity contribution < 1.29 is 9.84 Å². The van der Waals surface area contributed by atoms with Crippen molar-refractivity contribution in [3.63, 3.8) is 0 Å². The average molecular weight is 246 g/mol. The summed E-state index contributed by atoms with van der Waals surface area (Å²) >= 11 is 17.2. The molecule has 2 fully saturated rings. The molecule has 4 atom stereocenters. The van der Waals surface area contributed by atoms with Gasteiger partial charge in [0.25, 0.3) is 0 Å². The summed E-state index contributed by atoms with van der Waals surface area (Å²) in [4.78, 5) is 0. The average Bonchev–Trinajstić information content (AvgIpc) is 2.35. The number of ether oxygens (including phenoxy) is 1. The fourth-order valence-corrected chi connectivity index (χ4v) is 3.00. The summed E-state index contributed by atoms with van der Waals surface area (Å²) in [7, 11) is 0. The standard InChI is InChI=1S/C8H11Cl3O2/c1-7(2)3-4(7)6(12)13-5(3)8(9,10)11/h3-6,12H,1-2H3/t3-,4+,5+,6-/m0/s1. The first kappa shape index (κ1) is 10.3. The van der Waals surface area contributed by atoms with Crippen LogP contribution in [-0.2, 0) is 4.74 Å². The van der Waals surface area contributed by atoms with Crippen molar-refractivity contribution in [2.45, 2.75) is 30.0 Å². The lowest BCUT2D eigenvalue weighted by Gasteiger charge is -2.26. The summed E-state index contributed by atoms with van der Waals surface area (Å²) < 4.78 is 3.75. The molecule has 13 heavy (non-hydrogen) atoms. The van der Waals surface area contributed by atoms with Gasteiger partial charge in [0.05, 0.1) is 0 Å². The smallest absolute Gasteiger partial charge is 0.216 e. The van der Waals surface area contributed by atoms with E-state index in [0.717, 1.165) is 0 Å². The van der Waals surface area contributed by atoms with Crippen molar-refractivity contribution in [2.24, 2.45) is 17.3 Å². The SMILES string of the molecule is CC1(C)[C@@H]2[C@H]1[C@H](C(Cl)(Cl)Cl)O[C@@H]2O. The zero-order valence-electron chi connectivity index (χ0n) is 7.30. The predicted octanol–water partition coefficient (Wildman–Crippen LogP) is 2.35. The fraction of sp³-hybridized carbons (Fsp3) is 1.00. The maximum absolute atomic E-state index is 9.51. The number of aliphatic hydroxyl groups excluding tert-OH is 1. The summed E-state index contributed by atoms with van der Waals surface area (Å²) in [6, 6.07) is 0. The van der Waals surface area contributed by atoms with Crippen LogP contribution in [-0.4, -0.2) is 21.3 Å². The van der Waals surface area contributed by atoms with Gasteiger partial charge in [-0.3, -0.25) is 0 Å². The number of halogens is 3. The van der Waals surface area contributed by atoms with E-state index in [-0.39, 0.29) is 17.3 Å². The minimum absolute atomic E-state index is 0.0340.